The van der Waals surface area contributed by atoms with Crippen LogP contribution in [-0.2, 0) is 9.59 Å². The molecule has 4 rings (SSSR count). The van der Waals surface area contributed by atoms with Crippen LogP contribution in [0.15, 0.2) is 48.0 Å². The zero-order valence-electron chi connectivity index (χ0n) is 13.6. The molecule has 1 fully saturated rings. The summed E-state index contributed by atoms with van der Waals surface area (Å²) in [6.07, 6.45) is 4.09. The van der Waals surface area contributed by atoms with Crippen LogP contribution in [0.3, 0.4) is 0 Å². The second kappa shape index (κ2) is 6.03. The number of hydrogen-bond donors (Lipinski definition) is 1. The summed E-state index contributed by atoms with van der Waals surface area (Å²) in [4.78, 5) is 47.1. The lowest BCUT2D eigenvalue weighted by atomic mass is 9.94. The number of Topliss-reactive ketones (excluding diaryl/α,β-unsaturated/α-hetero) is 1. The monoisotopic (exact) mass is 351 g/mol. The minimum Gasteiger partial charge on any atom is -0.495 e. The number of nitrogens with zero attached hydrogens (tertiary/aromatic N) is 4. The van der Waals surface area contributed by atoms with Crippen molar-refractivity contribution in [2.24, 2.45) is 11.0 Å². The Hall–Kier alpha value is -3.62. The van der Waals surface area contributed by atoms with E-state index in [-0.39, 0.29) is 11.4 Å². The minimum atomic E-state index is -1.01. The van der Waals surface area contributed by atoms with Crippen molar-refractivity contribution in [1.29, 1.82) is 0 Å². The van der Waals surface area contributed by atoms with E-state index in [9.17, 15) is 14.4 Å². The number of methoxy groups -OCH3 is 1. The maximum Gasteiger partial charge on any atom is 0.259 e. The Labute approximate surface area is 147 Å². The van der Waals surface area contributed by atoms with Crippen molar-refractivity contribution in [1.82, 2.24) is 15.4 Å². The van der Waals surface area contributed by atoms with E-state index in [1.54, 1.807) is 24.3 Å². The van der Waals surface area contributed by atoms with Crippen LogP contribution < -0.4 is 15.1 Å². The largest absolute Gasteiger partial charge is 0.495 e. The van der Waals surface area contributed by atoms with Crippen LogP contribution >= 0.6 is 0 Å². The molecular formula is C17H13N5O4. The van der Waals surface area contributed by atoms with E-state index in [1.165, 1.54) is 25.7 Å². The van der Waals surface area contributed by atoms with Gasteiger partial charge in [0.25, 0.3) is 5.91 Å². The van der Waals surface area contributed by atoms with Crippen LogP contribution in [0.2, 0.25) is 0 Å². The number of aromatic nitrogens is 2. The minimum absolute atomic E-state index is 0.0498. The molecule has 0 bridgehead atoms. The summed E-state index contributed by atoms with van der Waals surface area (Å²) in [5, 5.41) is 3.92. The smallest absolute Gasteiger partial charge is 0.259 e. The van der Waals surface area contributed by atoms with Crippen molar-refractivity contribution < 1.29 is 19.1 Å². The molecule has 3 heterocycles. The van der Waals surface area contributed by atoms with Gasteiger partial charge in [-0.05, 0) is 12.1 Å². The molecular weight excluding hydrogens is 338 g/mol. The lowest BCUT2D eigenvalue weighted by Crippen LogP contribution is -2.36. The van der Waals surface area contributed by atoms with Gasteiger partial charge in [-0.3, -0.25) is 24.8 Å². The van der Waals surface area contributed by atoms with E-state index in [0.29, 0.717) is 11.4 Å². The Bertz CT molecular complexity index is 943. The lowest BCUT2D eigenvalue weighted by molar-refractivity contribution is -0.122. The molecule has 9 heteroatoms. The van der Waals surface area contributed by atoms with Crippen LogP contribution in [0.1, 0.15) is 10.5 Å². The first-order valence-electron chi connectivity index (χ1n) is 7.78. The van der Waals surface area contributed by atoms with Crippen molar-refractivity contribution in [2.75, 3.05) is 12.0 Å². The molecule has 1 saturated heterocycles. The number of carbonyl (C=O) groups excluding carboxylic acids is 3. The standard InChI is InChI=1S/C17H13N5O4/c1-26-11-5-3-2-4-10(11)22-16(24)12-13(20-21-14(12)17(22)25)15(23)9-8-18-6-7-19-9/h2-8,12,14,21H,1H3. The first-order chi connectivity index (χ1) is 12.6. The maximum absolute atomic E-state index is 13.0. The number of carbonyl (C=O) groups is 3. The van der Waals surface area contributed by atoms with Gasteiger partial charge in [0.05, 0.1) is 19.0 Å². The van der Waals surface area contributed by atoms with Gasteiger partial charge in [-0.15, -0.1) is 0 Å². The summed E-state index contributed by atoms with van der Waals surface area (Å²) in [6, 6.07) is 5.76. The van der Waals surface area contributed by atoms with Crippen LogP contribution in [0.4, 0.5) is 5.69 Å². The molecule has 2 aliphatic rings. The highest BCUT2D eigenvalue weighted by Gasteiger charge is 2.55. The fourth-order valence-electron chi connectivity index (χ4n) is 3.08. The van der Waals surface area contributed by atoms with E-state index in [0.717, 1.165) is 4.90 Å². The highest BCUT2D eigenvalue weighted by atomic mass is 16.5. The normalized spacial score (nSPS) is 21.3. The first kappa shape index (κ1) is 15.9. The molecule has 0 spiro atoms. The van der Waals surface area contributed by atoms with Crippen LogP contribution in [0.5, 0.6) is 5.75 Å². The SMILES string of the molecule is COc1ccccc1N1C(=O)C2NN=C(C(=O)c3cnccn3)C2C1=O. The molecule has 26 heavy (non-hydrogen) atoms. The van der Waals surface area contributed by atoms with Gasteiger partial charge < -0.3 is 4.74 Å². The first-order valence-corrected chi connectivity index (χ1v) is 7.78. The van der Waals surface area contributed by atoms with Gasteiger partial charge >= 0.3 is 0 Å². The number of nitrogens with one attached hydrogen (secondary N) is 1. The van der Waals surface area contributed by atoms with Crippen molar-refractivity contribution in [3.8, 4) is 5.75 Å². The molecule has 9 nitrogen and oxygen atoms in total. The van der Waals surface area contributed by atoms with Gasteiger partial charge in [0, 0.05) is 12.4 Å². The number of amides is 2. The maximum atomic E-state index is 13.0. The number of para-hydroxylation sites is 2. The molecule has 2 unspecified atom stereocenters. The van der Waals surface area contributed by atoms with Gasteiger partial charge in [-0.1, -0.05) is 12.1 Å². The predicted molar refractivity (Wildman–Crippen MR) is 89.7 cm³/mol. The van der Waals surface area contributed by atoms with E-state index >= 15 is 0 Å². The Morgan fingerprint density at radius 3 is 2.73 bits per heavy atom. The number of rotatable bonds is 4. The number of benzene rings is 1. The van der Waals surface area contributed by atoms with Gasteiger partial charge in [-0.2, -0.15) is 5.10 Å². The lowest BCUT2D eigenvalue weighted by Gasteiger charge is -2.18. The Balaban J connectivity index is 1.70. The molecule has 0 saturated carbocycles. The van der Waals surface area contributed by atoms with Crippen molar-refractivity contribution >= 4 is 29.0 Å². The molecule has 0 radical (unpaired) electrons. The van der Waals surface area contributed by atoms with E-state index in [1.807, 2.05) is 0 Å². The van der Waals surface area contributed by atoms with Gasteiger partial charge in [0.1, 0.15) is 29.1 Å². The fourth-order valence-corrected chi connectivity index (χ4v) is 3.08. The van der Waals surface area contributed by atoms with Crippen molar-refractivity contribution in [3.63, 3.8) is 0 Å². The number of hydrogen-bond acceptors (Lipinski definition) is 8. The third-order valence-electron chi connectivity index (χ3n) is 4.28. The predicted octanol–water partition coefficient (Wildman–Crippen LogP) is 0.185. The number of ketones is 1. The summed E-state index contributed by atoms with van der Waals surface area (Å²) < 4.78 is 5.24. The summed E-state index contributed by atoms with van der Waals surface area (Å²) in [5.41, 5.74) is 2.94. The second-order valence-electron chi connectivity index (χ2n) is 5.68. The summed E-state index contributed by atoms with van der Waals surface area (Å²) in [5.74, 6) is -2.20. The zero-order chi connectivity index (χ0) is 18.3. The van der Waals surface area contributed by atoms with E-state index in [2.05, 4.69) is 20.5 Å². The van der Waals surface area contributed by atoms with E-state index in [4.69, 9.17) is 4.74 Å². The molecule has 1 N–H and O–H groups in total. The molecule has 2 amide bonds. The number of hydrazone groups is 1. The van der Waals surface area contributed by atoms with Gasteiger partial charge in [-0.25, -0.2) is 9.88 Å². The molecule has 2 aliphatic heterocycles. The highest BCUT2D eigenvalue weighted by Crippen LogP contribution is 2.36. The van der Waals surface area contributed by atoms with Gasteiger partial charge in [0.15, 0.2) is 0 Å². The number of ether oxygens (including phenoxy) is 1. The summed E-state index contributed by atoms with van der Waals surface area (Å²) >= 11 is 0. The third kappa shape index (κ3) is 2.25. The quantitative estimate of drug-likeness (QED) is 0.617. The Kier molecular flexibility index (Phi) is 3.68. The molecule has 0 aliphatic carbocycles. The van der Waals surface area contributed by atoms with Crippen LogP contribution in [-0.4, -0.2) is 46.4 Å². The molecule has 2 aromatic rings. The van der Waals surface area contributed by atoms with Crippen molar-refractivity contribution in [2.45, 2.75) is 6.04 Å². The third-order valence-corrected chi connectivity index (χ3v) is 4.28. The van der Waals surface area contributed by atoms with Gasteiger partial charge in [0.2, 0.25) is 11.7 Å². The van der Waals surface area contributed by atoms with Crippen LogP contribution in [0.25, 0.3) is 0 Å². The van der Waals surface area contributed by atoms with E-state index < -0.39 is 29.6 Å². The molecule has 2 atom stereocenters. The molecule has 1 aromatic heterocycles. The van der Waals surface area contributed by atoms with Crippen LogP contribution in [0, 0.1) is 5.92 Å². The molecule has 1 aromatic carbocycles. The number of fused-ring (bicyclic) bond motifs is 1. The highest BCUT2D eigenvalue weighted by molar-refractivity contribution is 6.52. The number of anilines is 1. The average molecular weight is 351 g/mol. The van der Waals surface area contributed by atoms with Crippen molar-refractivity contribution in [3.05, 3.63) is 48.5 Å². The second-order valence-corrected chi connectivity index (χ2v) is 5.68. The number of imide groups is 1. The fraction of sp³-hybridized carbons (Fsp3) is 0.176. The topological polar surface area (TPSA) is 114 Å². The summed E-state index contributed by atoms with van der Waals surface area (Å²) in [6.45, 7) is 0. The Morgan fingerprint density at radius 2 is 2.00 bits per heavy atom. The summed E-state index contributed by atoms with van der Waals surface area (Å²) in [7, 11) is 1.45. The Morgan fingerprint density at radius 1 is 1.19 bits per heavy atom. The molecule has 130 valence electrons. The zero-order valence-corrected chi connectivity index (χ0v) is 13.6. The average Bonchev–Trinajstić information content (AvgIpc) is 3.22.